The second-order valence-corrected chi connectivity index (χ2v) is 9.24. The maximum absolute atomic E-state index is 14.3. The van der Waals surface area contributed by atoms with E-state index in [0.29, 0.717) is 41.0 Å². The Balaban J connectivity index is 1.48. The molecule has 4 aromatic rings. The van der Waals surface area contributed by atoms with E-state index in [2.05, 4.69) is 19.9 Å². The number of para-hydroxylation sites is 1. The molecule has 1 aliphatic rings. The van der Waals surface area contributed by atoms with E-state index < -0.39 is 0 Å². The number of piperazine rings is 1. The van der Waals surface area contributed by atoms with Crippen molar-refractivity contribution in [3.05, 3.63) is 75.6 Å². The van der Waals surface area contributed by atoms with Crippen molar-refractivity contribution >= 4 is 33.6 Å². The molecule has 1 unspecified atom stereocenters. The predicted octanol–water partition coefficient (Wildman–Crippen LogP) is 4.76. The van der Waals surface area contributed by atoms with Gasteiger partial charge in [-0.3, -0.25) is 4.90 Å². The molecule has 2 aromatic heterocycles. The summed E-state index contributed by atoms with van der Waals surface area (Å²) in [6.45, 7) is 4.80. The van der Waals surface area contributed by atoms with Crippen LogP contribution in [0.1, 0.15) is 29.2 Å². The molecule has 1 N–H and O–H groups in total. The van der Waals surface area contributed by atoms with Crippen LogP contribution in [0.3, 0.4) is 0 Å². The van der Waals surface area contributed by atoms with Gasteiger partial charge < -0.3 is 10.0 Å². The van der Waals surface area contributed by atoms with Crippen molar-refractivity contribution in [2.75, 3.05) is 31.1 Å². The number of fused-ring (bicyclic) bond motifs is 1. The van der Waals surface area contributed by atoms with Crippen molar-refractivity contribution in [1.29, 1.82) is 0 Å². The lowest BCUT2D eigenvalue weighted by Crippen LogP contribution is -2.48. The molecule has 0 amide bonds. The monoisotopic (exact) mass is 471 g/mol. The first-order chi connectivity index (χ1) is 15.5. The van der Waals surface area contributed by atoms with Crippen molar-refractivity contribution in [2.24, 2.45) is 0 Å². The molecular weight excluding hydrogens is 449 g/mol. The summed E-state index contributed by atoms with van der Waals surface area (Å²) in [5.74, 6) is 0.624. The molecule has 6 nitrogen and oxygen atoms in total. The maximum atomic E-state index is 14.3. The van der Waals surface area contributed by atoms with Crippen LogP contribution < -0.4 is 4.90 Å². The van der Waals surface area contributed by atoms with Crippen LogP contribution in [-0.4, -0.2) is 50.8 Å². The number of hydrogen-bond donors (Lipinski definition) is 1. The normalized spacial score (nSPS) is 16.0. The Morgan fingerprint density at radius 3 is 2.47 bits per heavy atom. The zero-order chi connectivity index (χ0) is 22.2. The number of rotatable bonds is 5. The van der Waals surface area contributed by atoms with E-state index in [4.69, 9.17) is 11.6 Å². The summed E-state index contributed by atoms with van der Waals surface area (Å²) < 4.78 is 15.8. The minimum absolute atomic E-state index is 0.119. The Morgan fingerprint density at radius 2 is 1.81 bits per heavy atom. The van der Waals surface area contributed by atoms with Crippen molar-refractivity contribution < 1.29 is 9.50 Å². The summed E-state index contributed by atoms with van der Waals surface area (Å²) in [7, 11) is 0. The molecule has 2 aromatic carbocycles. The summed E-state index contributed by atoms with van der Waals surface area (Å²) in [6, 6.07) is 14.4. The molecule has 1 atom stereocenters. The number of anilines is 1. The first-order valence-corrected chi connectivity index (χ1v) is 11.8. The van der Waals surface area contributed by atoms with Gasteiger partial charge in [-0.05, 0) is 29.8 Å². The Bertz CT molecular complexity index is 1230. The molecule has 0 bridgehead atoms. The zero-order valence-corrected chi connectivity index (χ0v) is 19.2. The van der Waals surface area contributed by atoms with Crippen LogP contribution in [0, 0.1) is 5.82 Å². The molecule has 0 saturated carbocycles. The van der Waals surface area contributed by atoms with Gasteiger partial charge in [0.1, 0.15) is 5.82 Å². The Hall–Kier alpha value is -2.68. The number of benzene rings is 2. The number of nitrogens with zero attached hydrogens (tertiary/aromatic N) is 5. The van der Waals surface area contributed by atoms with Crippen LogP contribution in [0.4, 0.5) is 10.1 Å². The molecule has 1 saturated heterocycles. The number of aromatic hydroxyl groups is 1. The van der Waals surface area contributed by atoms with Gasteiger partial charge in [0.25, 0.3) is 0 Å². The highest BCUT2D eigenvalue weighted by molar-refractivity contribution is 7.17. The molecule has 3 heterocycles. The first-order valence-electron chi connectivity index (χ1n) is 10.6. The molecule has 0 spiro atoms. The number of thiazole rings is 1. The summed E-state index contributed by atoms with van der Waals surface area (Å²) in [5.41, 5.74) is 1.66. The molecule has 9 heteroatoms. The highest BCUT2D eigenvalue weighted by Crippen LogP contribution is 2.40. The van der Waals surface area contributed by atoms with Crippen LogP contribution in [0.25, 0.3) is 4.96 Å². The molecule has 166 valence electrons. The maximum Gasteiger partial charge on any atom is 0.230 e. The highest BCUT2D eigenvalue weighted by atomic mass is 35.5. The van der Waals surface area contributed by atoms with Crippen LogP contribution in [0.2, 0.25) is 5.02 Å². The van der Waals surface area contributed by atoms with Crippen molar-refractivity contribution in [3.8, 4) is 5.88 Å². The van der Waals surface area contributed by atoms with Gasteiger partial charge in [0.15, 0.2) is 5.82 Å². The van der Waals surface area contributed by atoms with E-state index in [9.17, 15) is 9.50 Å². The van der Waals surface area contributed by atoms with Crippen LogP contribution in [0.15, 0.2) is 48.5 Å². The lowest BCUT2D eigenvalue weighted by atomic mass is 10.0. The second kappa shape index (κ2) is 8.69. The summed E-state index contributed by atoms with van der Waals surface area (Å²) in [4.78, 5) is 10.4. The molecule has 1 fully saturated rings. The fourth-order valence-electron chi connectivity index (χ4n) is 4.22. The SMILES string of the molecule is CCc1nc2sc(C(c3ccc(Cl)cc3)N3CCN(c4ccccc4F)CC3)c(O)n2n1. The smallest absolute Gasteiger partial charge is 0.230 e. The number of aryl methyl sites for hydroxylation is 1. The Kier molecular flexibility index (Phi) is 5.75. The van der Waals surface area contributed by atoms with Gasteiger partial charge in [0, 0.05) is 37.6 Å². The summed E-state index contributed by atoms with van der Waals surface area (Å²) >= 11 is 7.59. The third-order valence-corrected chi connectivity index (χ3v) is 7.19. The van der Waals surface area contributed by atoms with Gasteiger partial charge in [-0.2, -0.15) is 4.52 Å². The van der Waals surface area contributed by atoms with Crippen LogP contribution >= 0.6 is 22.9 Å². The van der Waals surface area contributed by atoms with E-state index in [1.165, 1.54) is 21.9 Å². The first kappa shape index (κ1) is 21.2. The second-order valence-electron chi connectivity index (χ2n) is 7.79. The quantitative estimate of drug-likeness (QED) is 0.454. The van der Waals surface area contributed by atoms with Gasteiger partial charge >= 0.3 is 0 Å². The van der Waals surface area contributed by atoms with Crippen molar-refractivity contribution in [1.82, 2.24) is 19.5 Å². The van der Waals surface area contributed by atoms with Gasteiger partial charge in [-0.1, -0.05) is 54.1 Å². The lowest BCUT2D eigenvalue weighted by Gasteiger charge is -2.40. The summed E-state index contributed by atoms with van der Waals surface area (Å²) in [5, 5.41) is 16.1. The van der Waals surface area contributed by atoms with Crippen LogP contribution in [-0.2, 0) is 6.42 Å². The topological polar surface area (TPSA) is 56.9 Å². The van der Waals surface area contributed by atoms with Crippen LogP contribution in [0.5, 0.6) is 5.88 Å². The van der Waals surface area contributed by atoms with E-state index >= 15 is 0 Å². The van der Waals surface area contributed by atoms with Gasteiger partial charge in [0.2, 0.25) is 10.8 Å². The van der Waals surface area contributed by atoms with Gasteiger partial charge in [-0.15, -0.1) is 5.10 Å². The summed E-state index contributed by atoms with van der Waals surface area (Å²) in [6.07, 6.45) is 0.710. The number of aromatic nitrogens is 3. The zero-order valence-electron chi connectivity index (χ0n) is 17.6. The molecule has 1 aliphatic heterocycles. The van der Waals surface area contributed by atoms with E-state index in [-0.39, 0.29) is 17.7 Å². The Morgan fingerprint density at radius 1 is 1.09 bits per heavy atom. The predicted molar refractivity (Wildman–Crippen MR) is 125 cm³/mol. The minimum atomic E-state index is -0.204. The van der Waals surface area contributed by atoms with Gasteiger partial charge in [-0.25, -0.2) is 9.37 Å². The fourth-order valence-corrected chi connectivity index (χ4v) is 5.48. The molecular formula is C23H23ClFN5OS. The molecule has 0 aliphatic carbocycles. The highest BCUT2D eigenvalue weighted by Gasteiger charge is 2.32. The number of hydrogen-bond acceptors (Lipinski definition) is 6. The Labute approximate surface area is 194 Å². The molecule has 0 radical (unpaired) electrons. The standard InChI is InChI=1S/C23H23ClFN5OS/c1-2-19-26-23-30(27-19)22(31)21(32-23)20(15-7-9-16(24)10-8-15)29-13-11-28(12-14-29)18-6-4-3-5-17(18)25/h3-10,20,31H,2,11-14H2,1H3. The van der Waals surface area contributed by atoms with E-state index in [1.807, 2.05) is 43.3 Å². The lowest BCUT2D eigenvalue weighted by molar-refractivity contribution is 0.210. The number of halogens is 2. The average molecular weight is 472 g/mol. The molecule has 5 rings (SSSR count). The molecule has 32 heavy (non-hydrogen) atoms. The fraction of sp³-hybridized carbons (Fsp3) is 0.304. The van der Waals surface area contributed by atoms with E-state index in [1.54, 1.807) is 6.07 Å². The van der Waals surface area contributed by atoms with Crippen molar-refractivity contribution in [2.45, 2.75) is 19.4 Å². The third kappa shape index (κ3) is 3.83. The van der Waals surface area contributed by atoms with Gasteiger partial charge in [0.05, 0.1) is 16.6 Å². The largest absolute Gasteiger partial charge is 0.492 e. The minimum Gasteiger partial charge on any atom is -0.492 e. The average Bonchev–Trinajstić information content (AvgIpc) is 3.35. The van der Waals surface area contributed by atoms with E-state index in [0.717, 1.165) is 23.5 Å². The van der Waals surface area contributed by atoms with Crippen molar-refractivity contribution in [3.63, 3.8) is 0 Å². The third-order valence-electron chi connectivity index (χ3n) is 5.87.